The number of halogens is 1. The summed E-state index contributed by atoms with van der Waals surface area (Å²) < 4.78 is 12.0. The lowest BCUT2D eigenvalue weighted by Crippen LogP contribution is -2.29. The van der Waals surface area contributed by atoms with E-state index in [0.717, 1.165) is 32.7 Å². The molecular formula is C25H22BrNO4S. The van der Waals surface area contributed by atoms with Crippen molar-refractivity contribution in [3.05, 3.63) is 81.2 Å². The predicted octanol–water partition coefficient (Wildman–Crippen LogP) is 6.25. The second kappa shape index (κ2) is 10.3. The first kappa shape index (κ1) is 22.6. The zero-order valence-electron chi connectivity index (χ0n) is 17.5. The van der Waals surface area contributed by atoms with Gasteiger partial charge in [0.15, 0.2) is 0 Å². The number of benzene rings is 3. The van der Waals surface area contributed by atoms with Crippen molar-refractivity contribution < 1.29 is 19.1 Å². The molecule has 0 radical (unpaired) electrons. The number of hydrogen-bond donors (Lipinski definition) is 0. The van der Waals surface area contributed by atoms with Crippen molar-refractivity contribution in [2.45, 2.75) is 13.0 Å². The minimum atomic E-state index is -0.281. The summed E-state index contributed by atoms with van der Waals surface area (Å²) in [5.41, 5.74) is 1.79. The molecule has 0 atom stereocenters. The van der Waals surface area contributed by atoms with Crippen LogP contribution in [0.5, 0.6) is 5.75 Å². The van der Waals surface area contributed by atoms with Crippen molar-refractivity contribution in [3.63, 3.8) is 0 Å². The van der Waals surface area contributed by atoms with E-state index in [-0.39, 0.29) is 11.1 Å². The van der Waals surface area contributed by atoms with Crippen LogP contribution in [0.1, 0.15) is 17.5 Å². The van der Waals surface area contributed by atoms with Crippen molar-refractivity contribution >= 4 is 55.7 Å². The number of nitrogens with zero attached hydrogens (tertiary/aromatic N) is 1. The molecule has 0 aliphatic carbocycles. The molecule has 4 rings (SSSR count). The molecule has 3 aromatic carbocycles. The zero-order chi connectivity index (χ0) is 22.5. The second-order valence-electron chi connectivity index (χ2n) is 7.33. The van der Waals surface area contributed by atoms with Crippen LogP contribution < -0.4 is 4.74 Å². The van der Waals surface area contributed by atoms with Crippen LogP contribution in [0.15, 0.2) is 70.0 Å². The van der Waals surface area contributed by atoms with Gasteiger partial charge in [-0.15, -0.1) is 0 Å². The highest BCUT2D eigenvalue weighted by Gasteiger charge is 2.34. The fourth-order valence-electron chi connectivity index (χ4n) is 3.45. The fraction of sp³-hybridized carbons (Fsp3) is 0.200. The van der Waals surface area contributed by atoms with Gasteiger partial charge in [-0.25, -0.2) is 0 Å². The van der Waals surface area contributed by atoms with Gasteiger partial charge in [0.2, 0.25) is 0 Å². The Morgan fingerprint density at radius 1 is 1.03 bits per heavy atom. The lowest BCUT2D eigenvalue weighted by Gasteiger charge is -2.12. The van der Waals surface area contributed by atoms with E-state index in [4.69, 9.17) is 9.47 Å². The van der Waals surface area contributed by atoms with Crippen LogP contribution in [0.3, 0.4) is 0 Å². The number of amides is 2. The molecule has 0 aromatic heterocycles. The highest BCUT2D eigenvalue weighted by molar-refractivity contribution is 9.10. The average molecular weight is 512 g/mol. The first-order valence-electron chi connectivity index (χ1n) is 10.2. The summed E-state index contributed by atoms with van der Waals surface area (Å²) in [4.78, 5) is 26.7. The zero-order valence-corrected chi connectivity index (χ0v) is 19.9. The van der Waals surface area contributed by atoms with Gasteiger partial charge in [-0.1, -0.05) is 52.3 Å². The van der Waals surface area contributed by atoms with Crippen molar-refractivity contribution in [1.82, 2.24) is 4.90 Å². The van der Waals surface area contributed by atoms with E-state index < -0.39 is 0 Å². The van der Waals surface area contributed by atoms with Crippen LogP contribution in [0.4, 0.5) is 4.79 Å². The van der Waals surface area contributed by atoms with E-state index >= 15 is 0 Å². The average Bonchev–Trinajstić information content (AvgIpc) is 3.06. The molecule has 1 heterocycles. The number of methoxy groups -OCH3 is 1. The summed E-state index contributed by atoms with van der Waals surface area (Å²) in [5.74, 6) is 0.365. The third kappa shape index (κ3) is 5.23. The molecule has 1 aliphatic heterocycles. The standard InChI is InChI=1S/C25H22BrNO4S/c1-30-12-4-11-27-24(28)23(32-25(27)29)15-20-14-21(26)9-10-22(20)31-16-17-7-8-18-5-2-3-6-19(18)13-17/h2-3,5-10,13-15H,4,11-12,16H2,1H3/b23-15+. The Hall–Kier alpha value is -2.61. The summed E-state index contributed by atoms with van der Waals surface area (Å²) in [6, 6.07) is 20.1. The summed E-state index contributed by atoms with van der Waals surface area (Å²) >= 11 is 4.43. The molecule has 3 aromatic rings. The predicted molar refractivity (Wildman–Crippen MR) is 132 cm³/mol. The lowest BCUT2D eigenvalue weighted by molar-refractivity contribution is -0.122. The monoisotopic (exact) mass is 511 g/mol. The SMILES string of the molecule is COCCCN1C(=O)S/C(=C/c2cc(Br)ccc2OCc2ccc3ccccc3c2)C1=O. The molecule has 0 N–H and O–H groups in total. The number of carbonyl (C=O) groups excluding carboxylic acids is 2. The Morgan fingerprint density at radius 3 is 2.66 bits per heavy atom. The highest BCUT2D eigenvalue weighted by atomic mass is 79.9. The van der Waals surface area contributed by atoms with Gasteiger partial charge < -0.3 is 9.47 Å². The molecule has 5 nitrogen and oxygen atoms in total. The van der Waals surface area contributed by atoms with Crippen LogP contribution in [-0.2, 0) is 16.1 Å². The van der Waals surface area contributed by atoms with Gasteiger partial charge in [0.1, 0.15) is 12.4 Å². The van der Waals surface area contributed by atoms with E-state index in [2.05, 4.69) is 40.2 Å². The summed E-state index contributed by atoms with van der Waals surface area (Å²) in [6.45, 7) is 1.24. The Kier molecular flexibility index (Phi) is 7.29. The fourth-order valence-corrected chi connectivity index (χ4v) is 4.69. The van der Waals surface area contributed by atoms with Crippen LogP contribution in [0.25, 0.3) is 16.8 Å². The summed E-state index contributed by atoms with van der Waals surface area (Å²) in [5, 5.41) is 2.08. The lowest BCUT2D eigenvalue weighted by atomic mass is 10.1. The van der Waals surface area contributed by atoms with Crippen molar-refractivity contribution in [1.29, 1.82) is 0 Å². The maximum atomic E-state index is 12.7. The van der Waals surface area contributed by atoms with Crippen LogP contribution >= 0.6 is 27.7 Å². The molecule has 0 saturated carbocycles. The smallest absolute Gasteiger partial charge is 0.293 e. The number of hydrogen-bond acceptors (Lipinski definition) is 5. The number of carbonyl (C=O) groups is 2. The first-order chi connectivity index (χ1) is 15.5. The van der Waals surface area contributed by atoms with Crippen LogP contribution in [-0.4, -0.2) is 36.3 Å². The Balaban J connectivity index is 1.53. The third-order valence-corrected chi connectivity index (χ3v) is 6.47. The van der Waals surface area contributed by atoms with E-state index in [1.165, 1.54) is 10.3 Å². The number of imide groups is 1. The third-order valence-electron chi connectivity index (χ3n) is 5.07. The van der Waals surface area contributed by atoms with E-state index in [0.29, 0.717) is 36.8 Å². The Labute approximate surface area is 199 Å². The largest absolute Gasteiger partial charge is 0.488 e. The van der Waals surface area contributed by atoms with Crippen LogP contribution in [0, 0.1) is 0 Å². The maximum absolute atomic E-state index is 12.7. The molecular weight excluding hydrogens is 490 g/mol. The van der Waals surface area contributed by atoms with Crippen molar-refractivity contribution in [2.75, 3.05) is 20.3 Å². The topological polar surface area (TPSA) is 55.8 Å². The van der Waals surface area contributed by atoms with Gasteiger partial charge in [0.25, 0.3) is 11.1 Å². The highest BCUT2D eigenvalue weighted by Crippen LogP contribution is 2.35. The number of rotatable bonds is 8. The Morgan fingerprint density at radius 2 is 1.84 bits per heavy atom. The molecule has 0 unspecified atom stereocenters. The minimum absolute atomic E-state index is 0.258. The van der Waals surface area contributed by atoms with Gasteiger partial charge in [-0.3, -0.25) is 14.5 Å². The maximum Gasteiger partial charge on any atom is 0.293 e. The van der Waals surface area contributed by atoms with E-state index in [1.54, 1.807) is 13.2 Å². The molecule has 32 heavy (non-hydrogen) atoms. The normalized spacial score (nSPS) is 15.2. The van der Waals surface area contributed by atoms with Gasteiger partial charge >= 0.3 is 0 Å². The molecule has 1 fully saturated rings. The second-order valence-corrected chi connectivity index (χ2v) is 9.24. The molecule has 2 amide bonds. The van der Waals surface area contributed by atoms with Gasteiger partial charge in [-0.05, 0) is 64.9 Å². The van der Waals surface area contributed by atoms with Gasteiger partial charge in [0, 0.05) is 30.3 Å². The first-order valence-corrected chi connectivity index (χ1v) is 11.8. The van der Waals surface area contributed by atoms with Gasteiger partial charge in [0.05, 0.1) is 4.91 Å². The molecule has 1 saturated heterocycles. The minimum Gasteiger partial charge on any atom is -0.488 e. The molecule has 164 valence electrons. The molecule has 1 aliphatic rings. The number of thioether (sulfide) groups is 1. The van der Waals surface area contributed by atoms with E-state index in [1.807, 2.05) is 36.4 Å². The van der Waals surface area contributed by atoms with Gasteiger partial charge in [-0.2, -0.15) is 0 Å². The van der Waals surface area contributed by atoms with Crippen molar-refractivity contribution in [3.8, 4) is 5.75 Å². The summed E-state index contributed by atoms with van der Waals surface area (Å²) in [7, 11) is 1.60. The summed E-state index contributed by atoms with van der Waals surface area (Å²) in [6.07, 6.45) is 2.33. The molecule has 0 spiro atoms. The number of fused-ring (bicyclic) bond motifs is 1. The quantitative estimate of drug-likeness (QED) is 0.264. The molecule has 7 heteroatoms. The van der Waals surface area contributed by atoms with Crippen molar-refractivity contribution in [2.24, 2.45) is 0 Å². The Bertz CT molecular complexity index is 1190. The number of ether oxygens (including phenoxy) is 2. The van der Waals surface area contributed by atoms with Crippen LogP contribution in [0.2, 0.25) is 0 Å². The molecule has 0 bridgehead atoms. The van der Waals surface area contributed by atoms with E-state index in [9.17, 15) is 9.59 Å².